The molecule has 0 aliphatic heterocycles. The Morgan fingerprint density at radius 3 is 1.75 bits per heavy atom. The summed E-state index contributed by atoms with van der Waals surface area (Å²) in [5.41, 5.74) is 2.64. The molecule has 0 saturated heterocycles. The van der Waals surface area contributed by atoms with Gasteiger partial charge >= 0.3 is 0 Å². The average molecular weight is 331 g/mol. The van der Waals surface area contributed by atoms with Gasteiger partial charge in [-0.05, 0) is 49.6 Å². The van der Waals surface area contributed by atoms with Crippen LogP contribution >= 0.6 is 0 Å². The van der Waals surface area contributed by atoms with Crippen molar-refractivity contribution in [2.75, 3.05) is 20.1 Å². The van der Waals surface area contributed by atoms with Gasteiger partial charge < -0.3 is 0 Å². The molecule has 1 rings (SSSR count). The van der Waals surface area contributed by atoms with Crippen LogP contribution < -0.4 is 4.48 Å². The van der Waals surface area contributed by atoms with E-state index in [1.54, 1.807) is 0 Å². The first-order valence-electron chi connectivity index (χ1n) is 10.2. The Kier molecular flexibility index (Phi) is 10.7. The van der Waals surface area contributed by atoms with Gasteiger partial charge in [-0.2, -0.15) is 0 Å². The zero-order chi connectivity index (χ0) is 17.7. The van der Waals surface area contributed by atoms with Gasteiger partial charge in [0, 0.05) is 0 Å². The Morgan fingerprint density at radius 2 is 1.29 bits per heavy atom. The molecule has 0 N–H and O–H groups in total. The second-order valence-corrected chi connectivity index (χ2v) is 7.41. The van der Waals surface area contributed by atoms with Crippen LogP contribution in [0.2, 0.25) is 0 Å². The molecule has 0 bridgehead atoms. The van der Waals surface area contributed by atoms with Crippen molar-refractivity contribution in [3.8, 4) is 0 Å². The zero-order valence-corrected chi connectivity index (χ0v) is 16.5. The summed E-state index contributed by atoms with van der Waals surface area (Å²) in [6, 6.07) is 8.92. The molecule has 0 saturated carbocycles. The van der Waals surface area contributed by atoms with Crippen molar-refractivity contribution < 1.29 is 0 Å². The van der Waals surface area contributed by atoms with Crippen molar-refractivity contribution in [2.24, 2.45) is 0 Å². The monoisotopic (exact) mass is 330 g/mol. The molecular weight excluding hydrogens is 290 g/mol. The third-order valence-corrected chi connectivity index (χ3v) is 5.46. The highest BCUT2D eigenvalue weighted by Crippen LogP contribution is 2.23. The lowest BCUT2D eigenvalue weighted by molar-refractivity contribution is 0.334. The van der Waals surface area contributed by atoms with Crippen molar-refractivity contribution >= 4 is 11.8 Å². The standard InChI is InChI=1S/C23H40N/c1-5-8-9-10-11-12-13-14-15-16-21-24(4,7-3)23-19-17-22(6-2)18-20-23/h6,17-20H,2,5,7-16,21H2,1,3-4H3/q+1. The Hall–Kier alpha value is -1.08. The molecular formula is C23H40N+. The summed E-state index contributed by atoms with van der Waals surface area (Å²) in [5, 5.41) is 0. The second kappa shape index (κ2) is 12.3. The number of rotatable bonds is 14. The largest absolute Gasteiger partial charge is 0.294 e. The predicted octanol–water partition coefficient (Wildman–Crippen LogP) is 7.21. The Labute approximate surface area is 151 Å². The lowest BCUT2D eigenvalue weighted by Gasteiger charge is -2.33. The fraction of sp³-hybridized carbons (Fsp3) is 0.652. The van der Waals surface area contributed by atoms with Gasteiger partial charge in [-0.3, -0.25) is 4.48 Å². The van der Waals surface area contributed by atoms with E-state index >= 15 is 0 Å². The molecule has 0 radical (unpaired) electrons. The van der Waals surface area contributed by atoms with Crippen molar-refractivity contribution in [1.29, 1.82) is 0 Å². The maximum Gasteiger partial charge on any atom is 0.132 e. The van der Waals surface area contributed by atoms with Gasteiger partial charge in [-0.25, -0.2) is 0 Å². The molecule has 1 aromatic carbocycles. The molecule has 0 aliphatic carbocycles. The summed E-state index contributed by atoms with van der Waals surface area (Å²) >= 11 is 0. The van der Waals surface area contributed by atoms with Gasteiger partial charge in [-0.1, -0.05) is 70.9 Å². The van der Waals surface area contributed by atoms with Gasteiger partial charge in [-0.15, -0.1) is 0 Å². The lowest BCUT2D eigenvalue weighted by atomic mass is 10.1. The Morgan fingerprint density at radius 1 is 0.792 bits per heavy atom. The molecule has 0 fully saturated rings. The number of benzene rings is 1. The minimum Gasteiger partial charge on any atom is -0.294 e. The Balaban J connectivity index is 2.22. The van der Waals surface area contributed by atoms with Crippen LogP contribution in [0.3, 0.4) is 0 Å². The summed E-state index contributed by atoms with van der Waals surface area (Å²) in [6.45, 7) is 10.8. The molecule has 0 heterocycles. The van der Waals surface area contributed by atoms with E-state index in [9.17, 15) is 0 Å². The number of quaternary nitrogens is 1. The van der Waals surface area contributed by atoms with Gasteiger partial charge in [0.15, 0.2) is 0 Å². The Bertz CT molecular complexity index is 434. The van der Waals surface area contributed by atoms with E-state index in [2.05, 4.69) is 51.7 Å². The highest BCUT2D eigenvalue weighted by atomic mass is 15.3. The molecule has 0 aromatic heterocycles. The fourth-order valence-corrected chi connectivity index (χ4v) is 3.39. The summed E-state index contributed by atoms with van der Waals surface area (Å²) in [7, 11) is 2.37. The van der Waals surface area contributed by atoms with Gasteiger partial charge in [0.1, 0.15) is 5.69 Å². The first-order valence-corrected chi connectivity index (χ1v) is 10.2. The van der Waals surface area contributed by atoms with Crippen LogP contribution in [-0.4, -0.2) is 20.1 Å². The van der Waals surface area contributed by atoms with E-state index in [0.29, 0.717) is 0 Å². The van der Waals surface area contributed by atoms with Crippen molar-refractivity contribution in [2.45, 2.75) is 78.1 Å². The summed E-state index contributed by atoms with van der Waals surface area (Å²) in [5.74, 6) is 0. The van der Waals surface area contributed by atoms with Crippen LogP contribution in [0.25, 0.3) is 6.08 Å². The van der Waals surface area contributed by atoms with Crippen LogP contribution in [0, 0.1) is 0 Å². The topological polar surface area (TPSA) is 0 Å². The van der Waals surface area contributed by atoms with Crippen LogP contribution in [0.4, 0.5) is 5.69 Å². The predicted molar refractivity (Wildman–Crippen MR) is 112 cm³/mol. The second-order valence-electron chi connectivity index (χ2n) is 7.41. The van der Waals surface area contributed by atoms with Gasteiger partial charge in [0.05, 0.1) is 20.1 Å². The third kappa shape index (κ3) is 7.66. The van der Waals surface area contributed by atoms with E-state index in [4.69, 9.17) is 0 Å². The highest BCUT2D eigenvalue weighted by Gasteiger charge is 2.21. The molecule has 1 nitrogen and oxygen atoms in total. The first kappa shape index (κ1) is 21.0. The molecule has 1 unspecified atom stereocenters. The lowest BCUT2D eigenvalue weighted by Crippen LogP contribution is -2.45. The molecule has 0 spiro atoms. The number of unbranched alkanes of at least 4 members (excludes halogenated alkanes) is 9. The number of hydrogen-bond acceptors (Lipinski definition) is 0. The van der Waals surface area contributed by atoms with Crippen LogP contribution in [0.1, 0.15) is 83.6 Å². The van der Waals surface area contributed by atoms with E-state index in [-0.39, 0.29) is 0 Å². The molecule has 1 atom stereocenters. The fourth-order valence-electron chi connectivity index (χ4n) is 3.39. The summed E-state index contributed by atoms with van der Waals surface area (Å²) in [6.07, 6.45) is 16.0. The van der Waals surface area contributed by atoms with Gasteiger partial charge in [0.2, 0.25) is 0 Å². The highest BCUT2D eigenvalue weighted by molar-refractivity contribution is 5.53. The minimum atomic E-state index is 1.05. The van der Waals surface area contributed by atoms with Crippen LogP contribution in [0.15, 0.2) is 30.8 Å². The smallest absolute Gasteiger partial charge is 0.132 e. The van der Waals surface area contributed by atoms with Crippen LogP contribution in [0.5, 0.6) is 0 Å². The van der Waals surface area contributed by atoms with E-state index in [0.717, 1.165) is 11.0 Å². The summed E-state index contributed by atoms with van der Waals surface area (Å²) in [4.78, 5) is 0. The quantitative estimate of drug-likeness (QED) is 0.250. The normalized spacial score (nSPS) is 13.6. The minimum absolute atomic E-state index is 1.05. The number of hydrogen-bond donors (Lipinski definition) is 0. The third-order valence-electron chi connectivity index (χ3n) is 5.46. The van der Waals surface area contributed by atoms with Crippen LogP contribution in [-0.2, 0) is 0 Å². The van der Waals surface area contributed by atoms with E-state index in [1.807, 2.05) is 6.08 Å². The molecule has 0 amide bonds. The van der Waals surface area contributed by atoms with Gasteiger partial charge in [0.25, 0.3) is 0 Å². The molecule has 0 aliphatic rings. The van der Waals surface area contributed by atoms with E-state index < -0.39 is 0 Å². The maximum absolute atomic E-state index is 3.84. The summed E-state index contributed by atoms with van der Waals surface area (Å²) < 4.78 is 1.05. The van der Waals surface area contributed by atoms with Crippen molar-refractivity contribution in [1.82, 2.24) is 4.48 Å². The zero-order valence-electron chi connectivity index (χ0n) is 16.5. The molecule has 24 heavy (non-hydrogen) atoms. The maximum atomic E-state index is 3.84. The number of nitrogens with zero attached hydrogens (tertiary/aromatic N) is 1. The first-order chi connectivity index (χ1) is 11.7. The van der Waals surface area contributed by atoms with Crippen molar-refractivity contribution in [3.63, 3.8) is 0 Å². The SMILES string of the molecule is C=Cc1ccc([N+](C)(CC)CCCCCCCCCCCC)cc1. The molecule has 136 valence electrons. The van der Waals surface area contributed by atoms with Crippen molar-refractivity contribution in [3.05, 3.63) is 36.4 Å². The van der Waals surface area contributed by atoms with E-state index in [1.165, 1.54) is 82.0 Å². The molecule has 1 heteroatoms. The average Bonchev–Trinajstić information content (AvgIpc) is 2.63. The molecule has 1 aromatic rings.